The SMILES string of the molecule is COc1cc(C=O)c(C2(c3ccccc3O)CN=CN2)c(OC)c1OC. The van der Waals surface area contributed by atoms with Crippen LogP contribution in [0, 0.1) is 0 Å². The number of methoxy groups -OCH3 is 3. The molecule has 0 saturated heterocycles. The minimum absolute atomic E-state index is 0.0826. The van der Waals surface area contributed by atoms with Crippen LogP contribution >= 0.6 is 0 Å². The van der Waals surface area contributed by atoms with Crippen LogP contribution in [0.15, 0.2) is 35.3 Å². The first-order chi connectivity index (χ1) is 12.6. The number of hydrogen-bond acceptors (Lipinski definition) is 7. The molecule has 2 aromatic carbocycles. The smallest absolute Gasteiger partial charge is 0.203 e. The van der Waals surface area contributed by atoms with E-state index in [0.29, 0.717) is 33.9 Å². The van der Waals surface area contributed by atoms with E-state index in [1.807, 2.05) is 6.07 Å². The van der Waals surface area contributed by atoms with Gasteiger partial charge < -0.3 is 24.6 Å². The lowest BCUT2D eigenvalue weighted by molar-refractivity contribution is 0.112. The number of nitrogens with zero attached hydrogens (tertiary/aromatic N) is 1. The monoisotopic (exact) mass is 356 g/mol. The lowest BCUT2D eigenvalue weighted by Crippen LogP contribution is -2.42. The Hall–Kier alpha value is -3.22. The molecule has 1 aliphatic rings. The van der Waals surface area contributed by atoms with Crippen molar-refractivity contribution in [2.75, 3.05) is 27.9 Å². The van der Waals surface area contributed by atoms with Crippen LogP contribution < -0.4 is 19.5 Å². The van der Waals surface area contributed by atoms with Gasteiger partial charge in [0.05, 0.1) is 34.2 Å². The van der Waals surface area contributed by atoms with E-state index >= 15 is 0 Å². The second-order valence-electron chi connectivity index (χ2n) is 5.76. The van der Waals surface area contributed by atoms with Crippen molar-refractivity contribution in [2.45, 2.75) is 5.54 Å². The fraction of sp³-hybridized carbons (Fsp3) is 0.263. The second-order valence-corrected chi connectivity index (χ2v) is 5.76. The number of aliphatic imine (C=N–C) groups is 1. The maximum atomic E-state index is 11.9. The molecule has 1 atom stereocenters. The molecule has 136 valence electrons. The first-order valence-electron chi connectivity index (χ1n) is 7.96. The van der Waals surface area contributed by atoms with Crippen molar-refractivity contribution in [3.05, 3.63) is 47.0 Å². The number of phenols is 1. The normalized spacial score (nSPS) is 18.3. The molecule has 1 heterocycles. The third-order valence-electron chi connectivity index (χ3n) is 4.51. The van der Waals surface area contributed by atoms with Gasteiger partial charge >= 0.3 is 0 Å². The molecule has 0 radical (unpaired) electrons. The zero-order chi connectivity index (χ0) is 18.7. The van der Waals surface area contributed by atoms with Crippen molar-refractivity contribution < 1.29 is 24.1 Å². The van der Waals surface area contributed by atoms with Gasteiger partial charge in [-0.25, -0.2) is 0 Å². The van der Waals surface area contributed by atoms with Crippen molar-refractivity contribution in [1.29, 1.82) is 0 Å². The van der Waals surface area contributed by atoms with Crippen LogP contribution in [-0.4, -0.2) is 45.6 Å². The molecule has 7 nitrogen and oxygen atoms in total. The number of nitrogens with one attached hydrogen (secondary N) is 1. The molecule has 7 heteroatoms. The van der Waals surface area contributed by atoms with Crippen LogP contribution in [0.25, 0.3) is 0 Å². The quantitative estimate of drug-likeness (QED) is 0.771. The van der Waals surface area contributed by atoms with Gasteiger partial charge in [-0.05, 0) is 12.1 Å². The van der Waals surface area contributed by atoms with E-state index in [1.54, 1.807) is 30.6 Å². The summed E-state index contributed by atoms with van der Waals surface area (Å²) in [5.41, 5.74) is 0.463. The third-order valence-corrected chi connectivity index (χ3v) is 4.51. The highest BCUT2D eigenvalue weighted by Crippen LogP contribution is 2.49. The van der Waals surface area contributed by atoms with Crippen molar-refractivity contribution in [3.63, 3.8) is 0 Å². The largest absolute Gasteiger partial charge is 0.508 e. The maximum Gasteiger partial charge on any atom is 0.203 e. The topological polar surface area (TPSA) is 89.4 Å². The Labute approximate surface area is 151 Å². The second kappa shape index (κ2) is 6.95. The molecule has 0 amide bonds. The number of ether oxygens (including phenoxy) is 3. The van der Waals surface area contributed by atoms with Crippen LogP contribution in [0.3, 0.4) is 0 Å². The first-order valence-corrected chi connectivity index (χ1v) is 7.96. The number of rotatable bonds is 6. The molecule has 0 spiro atoms. The van der Waals surface area contributed by atoms with Crippen LogP contribution in [0.1, 0.15) is 21.5 Å². The first kappa shape index (κ1) is 17.6. The highest BCUT2D eigenvalue weighted by Gasteiger charge is 2.43. The van der Waals surface area contributed by atoms with Gasteiger partial charge in [-0.1, -0.05) is 18.2 Å². The Balaban J connectivity index is 2.39. The molecule has 0 saturated carbocycles. The summed E-state index contributed by atoms with van der Waals surface area (Å²) < 4.78 is 16.4. The van der Waals surface area contributed by atoms with E-state index in [0.717, 1.165) is 6.29 Å². The van der Waals surface area contributed by atoms with Crippen molar-refractivity contribution in [2.24, 2.45) is 4.99 Å². The number of benzene rings is 2. The zero-order valence-corrected chi connectivity index (χ0v) is 14.8. The molecule has 0 bridgehead atoms. The van der Waals surface area contributed by atoms with Crippen molar-refractivity contribution in [1.82, 2.24) is 5.32 Å². The van der Waals surface area contributed by atoms with Gasteiger partial charge in [0, 0.05) is 16.7 Å². The molecule has 2 aromatic rings. The summed E-state index contributed by atoms with van der Waals surface area (Å²) in [7, 11) is 4.47. The van der Waals surface area contributed by atoms with Gasteiger partial charge in [0.1, 0.15) is 11.3 Å². The predicted octanol–water partition coefficient (Wildman–Crippen LogP) is 2.11. The number of aromatic hydroxyl groups is 1. The summed E-state index contributed by atoms with van der Waals surface area (Å²) in [6.07, 6.45) is 2.28. The van der Waals surface area contributed by atoms with Gasteiger partial charge in [-0.2, -0.15) is 0 Å². The summed E-state index contributed by atoms with van der Waals surface area (Å²) in [5.74, 6) is 1.16. The molecule has 0 aliphatic carbocycles. The minimum atomic E-state index is -0.980. The van der Waals surface area contributed by atoms with E-state index < -0.39 is 5.54 Å². The van der Waals surface area contributed by atoms with Crippen LogP contribution in [0.4, 0.5) is 0 Å². The molecule has 1 aliphatic heterocycles. The fourth-order valence-corrected chi connectivity index (χ4v) is 3.38. The standard InChI is InChI=1S/C19H20N2O5/c1-24-15-8-12(9-22)16(18(26-3)17(15)25-2)19(10-20-11-21-19)13-6-4-5-7-14(13)23/h4-9,11,23H,10H2,1-3H3,(H,20,21). The number of carbonyl (C=O) groups is 1. The lowest BCUT2D eigenvalue weighted by Gasteiger charge is -2.33. The molecular formula is C19H20N2O5. The Bertz CT molecular complexity index is 855. The molecule has 0 aromatic heterocycles. The van der Waals surface area contributed by atoms with E-state index in [4.69, 9.17) is 14.2 Å². The number of hydrogen-bond donors (Lipinski definition) is 2. The van der Waals surface area contributed by atoms with Crippen LogP contribution in [0.5, 0.6) is 23.0 Å². The Morgan fingerprint density at radius 1 is 1.15 bits per heavy atom. The van der Waals surface area contributed by atoms with Crippen molar-refractivity contribution >= 4 is 12.6 Å². The number of phenolic OH excluding ortho intramolecular Hbond substituents is 1. The van der Waals surface area contributed by atoms with Crippen LogP contribution in [0.2, 0.25) is 0 Å². The van der Waals surface area contributed by atoms with Crippen molar-refractivity contribution in [3.8, 4) is 23.0 Å². The van der Waals surface area contributed by atoms with Crippen LogP contribution in [-0.2, 0) is 5.54 Å². The number of para-hydroxylation sites is 1. The predicted molar refractivity (Wildman–Crippen MR) is 96.9 cm³/mol. The maximum absolute atomic E-state index is 11.9. The number of aldehydes is 1. The Morgan fingerprint density at radius 2 is 1.88 bits per heavy atom. The van der Waals surface area contributed by atoms with Gasteiger partial charge in [0.2, 0.25) is 5.75 Å². The van der Waals surface area contributed by atoms with Gasteiger partial charge in [0.25, 0.3) is 0 Å². The fourth-order valence-electron chi connectivity index (χ4n) is 3.38. The average molecular weight is 356 g/mol. The van der Waals surface area contributed by atoms with Gasteiger partial charge in [-0.15, -0.1) is 0 Å². The summed E-state index contributed by atoms with van der Waals surface area (Å²) in [6.45, 7) is 0.275. The lowest BCUT2D eigenvalue weighted by atomic mass is 9.79. The highest BCUT2D eigenvalue weighted by atomic mass is 16.5. The van der Waals surface area contributed by atoms with Gasteiger partial charge in [0.15, 0.2) is 17.8 Å². The van der Waals surface area contributed by atoms with E-state index in [9.17, 15) is 9.90 Å². The highest BCUT2D eigenvalue weighted by molar-refractivity contribution is 5.85. The number of carbonyl (C=O) groups excluding carboxylic acids is 1. The molecule has 2 N–H and O–H groups in total. The minimum Gasteiger partial charge on any atom is -0.508 e. The summed E-state index contributed by atoms with van der Waals surface area (Å²) in [5, 5.41) is 13.7. The van der Waals surface area contributed by atoms with E-state index in [2.05, 4.69) is 10.3 Å². The van der Waals surface area contributed by atoms with E-state index in [-0.39, 0.29) is 12.3 Å². The molecule has 0 fully saturated rings. The summed E-state index contributed by atoms with van der Waals surface area (Å²) in [6, 6.07) is 8.50. The zero-order valence-electron chi connectivity index (χ0n) is 14.8. The summed E-state index contributed by atoms with van der Waals surface area (Å²) >= 11 is 0. The third kappa shape index (κ3) is 2.52. The summed E-state index contributed by atoms with van der Waals surface area (Å²) in [4.78, 5) is 16.2. The average Bonchev–Trinajstić information content (AvgIpc) is 3.16. The molecule has 26 heavy (non-hydrogen) atoms. The Kier molecular flexibility index (Phi) is 4.71. The molecule has 3 rings (SSSR count). The molecule has 1 unspecified atom stereocenters. The Morgan fingerprint density at radius 3 is 2.42 bits per heavy atom. The molecular weight excluding hydrogens is 336 g/mol. The van der Waals surface area contributed by atoms with Gasteiger partial charge in [-0.3, -0.25) is 9.79 Å². The van der Waals surface area contributed by atoms with E-state index in [1.165, 1.54) is 21.3 Å².